The third-order valence-electron chi connectivity index (χ3n) is 2.14. The van der Waals surface area contributed by atoms with Crippen LogP contribution in [0.3, 0.4) is 0 Å². The molecule has 0 fully saturated rings. The van der Waals surface area contributed by atoms with Gasteiger partial charge >= 0.3 is 0 Å². The van der Waals surface area contributed by atoms with E-state index in [0.29, 0.717) is 22.7 Å². The monoisotopic (exact) mass is 287 g/mol. The molecule has 1 rings (SSSR count). The molecule has 0 aliphatic rings. The van der Waals surface area contributed by atoms with E-state index < -0.39 is 0 Å². The van der Waals surface area contributed by atoms with Crippen LogP contribution in [0.15, 0.2) is 10.7 Å². The van der Waals surface area contributed by atoms with Crippen molar-refractivity contribution in [3.05, 3.63) is 16.5 Å². The van der Waals surface area contributed by atoms with Crippen LogP contribution in [0.4, 0.5) is 5.82 Å². The molecule has 1 heterocycles. The van der Waals surface area contributed by atoms with Crippen LogP contribution in [0.5, 0.6) is 0 Å². The minimum Gasteiger partial charge on any atom is -0.383 e. The van der Waals surface area contributed by atoms with Gasteiger partial charge in [0.1, 0.15) is 11.9 Å². The summed E-state index contributed by atoms with van der Waals surface area (Å²) in [6.07, 6.45) is 1.52. The molecule has 1 aromatic heterocycles. The van der Waals surface area contributed by atoms with Gasteiger partial charge in [0, 0.05) is 12.8 Å². The Labute approximate surface area is 105 Å². The molecule has 0 spiro atoms. The maximum atomic E-state index is 5.74. The van der Waals surface area contributed by atoms with E-state index in [1.807, 2.05) is 6.92 Å². The van der Waals surface area contributed by atoms with E-state index in [1.165, 1.54) is 0 Å². The lowest BCUT2D eigenvalue weighted by atomic mass is 9.88. The van der Waals surface area contributed by atoms with E-state index in [1.54, 1.807) is 6.20 Å². The first-order chi connectivity index (χ1) is 7.36. The molecule has 5 heteroatoms. The molecular formula is C11H18BrN3O. The predicted octanol–water partition coefficient (Wildman–Crippen LogP) is 2.95. The maximum absolute atomic E-state index is 5.74. The number of ether oxygens (including phenoxy) is 1. The third kappa shape index (κ3) is 3.15. The highest BCUT2D eigenvalue weighted by Gasteiger charge is 2.29. The Morgan fingerprint density at radius 3 is 2.56 bits per heavy atom. The van der Waals surface area contributed by atoms with Crippen LogP contribution >= 0.6 is 15.9 Å². The number of rotatable bonds is 3. The topological polar surface area (TPSA) is 61.0 Å². The fourth-order valence-electron chi connectivity index (χ4n) is 1.40. The molecule has 0 saturated heterocycles. The van der Waals surface area contributed by atoms with Gasteiger partial charge in [-0.05, 0) is 28.3 Å². The highest BCUT2D eigenvalue weighted by atomic mass is 79.9. The Morgan fingerprint density at radius 1 is 1.50 bits per heavy atom. The van der Waals surface area contributed by atoms with Gasteiger partial charge in [0.05, 0.1) is 4.47 Å². The Balaban J connectivity index is 3.06. The highest BCUT2D eigenvalue weighted by molar-refractivity contribution is 9.10. The molecule has 0 aliphatic heterocycles. The second-order valence-electron chi connectivity index (χ2n) is 4.66. The van der Waals surface area contributed by atoms with E-state index >= 15 is 0 Å². The zero-order valence-electron chi connectivity index (χ0n) is 10.1. The molecular weight excluding hydrogens is 270 g/mol. The van der Waals surface area contributed by atoms with Crippen LogP contribution in [0.25, 0.3) is 0 Å². The molecule has 0 radical (unpaired) electrons. The van der Waals surface area contributed by atoms with Crippen molar-refractivity contribution < 1.29 is 4.74 Å². The van der Waals surface area contributed by atoms with Crippen molar-refractivity contribution in [1.82, 2.24) is 9.97 Å². The molecule has 0 aliphatic carbocycles. The van der Waals surface area contributed by atoms with Gasteiger partial charge in [-0.25, -0.2) is 9.97 Å². The first kappa shape index (κ1) is 13.4. The Morgan fingerprint density at radius 2 is 2.12 bits per heavy atom. The molecule has 1 aromatic rings. The number of halogens is 1. The molecule has 0 aromatic carbocycles. The normalized spacial score (nSPS) is 13.8. The fourth-order valence-corrected chi connectivity index (χ4v) is 1.59. The van der Waals surface area contributed by atoms with E-state index in [2.05, 4.69) is 46.7 Å². The summed E-state index contributed by atoms with van der Waals surface area (Å²) in [5.74, 6) is 1.08. The van der Waals surface area contributed by atoms with Crippen molar-refractivity contribution in [3.8, 4) is 0 Å². The van der Waals surface area contributed by atoms with Gasteiger partial charge in [0.25, 0.3) is 0 Å². The van der Waals surface area contributed by atoms with Gasteiger partial charge < -0.3 is 10.5 Å². The molecule has 0 amide bonds. The van der Waals surface area contributed by atoms with Gasteiger partial charge in [-0.2, -0.15) is 0 Å². The lowest BCUT2D eigenvalue weighted by molar-refractivity contribution is -0.0190. The summed E-state index contributed by atoms with van der Waals surface area (Å²) in [6, 6.07) is 0. The largest absolute Gasteiger partial charge is 0.383 e. The zero-order chi connectivity index (χ0) is 12.3. The van der Waals surface area contributed by atoms with Crippen LogP contribution in [0.1, 0.15) is 39.6 Å². The summed E-state index contributed by atoms with van der Waals surface area (Å²) < 4.78 is 6.40. The van der Waals surface area contributed by atoms with Crippen LogP contribution in [-0.4, -0.2) is 16.6 Å². The molecule has 4 nitrogen and oxygen atoms in total. The molecule has 16 heavy (non-hydrogen) atoms. The van der Waals surface area contributed by atoms with Crippen molar-refractivity contribution in [3.63, 3.8) is 0 Å². The summed E-state index contributed by atoms with van der Waals surface area (Å²) in [6.45, 7) is 8.86. The summed E-state index contributed by atoms with van der Waals surface area (Å²) in [7, 11) is 0. The number of nitrogens with two attached hydrogens (primary N) is 1. The number of hydrogen-bond donors (Lipinski definition) is 1. The summed E-state index contributed by atoms with van der Waals surface area (Å²) in [4.78, 5) is 8.51. The Kier molecular flexibility index (Phi) is 4.27. The molecule has 0 bridgehead atoms. The van der Waals surface area contributed by atoms with Gasteiger partial charge in [0.2, 0.25) is 0 Å². The van der Waals surface area contributed by atoms with Crippen molar-refractivity contribution in [2.75, 3.05) is 12.3 Å². The van der Waals surface area contributed by atoms with Crippen molar-refractivity contribution in [1.29, 1.82) is 0 Å². The molecule has 90 valence electrons. The zero-order valence-corrected chi connectivity index (χ0v) is 11.7. The third-order valence-corrected chi connectivity index (χ3v) is 2.76. The molecule has 1 unspecified atom stereocenters. The number of nitrogens with zero attached hydrogens (tertiary/aromatic N) is 2. The number of anilines is 1. The maximum Gasteiger partial charge on any atom is 0.160 e. The smallest absolute Gasteiger partial charge is 0.160 e. The minimum atomic E-state index is -0.145. The quantitative estimate of drug-likeness (QED) is 0.929. The van der Waals surface area contributed by atoms with Crippen LogP contribution < -0.4 is 5.73 Å². The van der Waals surface area contributed by atoms with E-state index in [0.717, 1.165) is 0 Å². The highest BCUT2D eigenvalue weighted by Crippen LogP contribution is 2.34. The number of hydrogen-bond acceptors (Lipinski definition) is 4. The van der Waals surface area contributed by atoms with Gasteiger partial charge in [0.15, 0.2) is 5.82 Å². The number of aromatic nitrogens is 2. The lowest BCUT2D eigenvalue weighted by Gasteiger charge is -2.29. The molecule has 1 atom stereocenters. The van der Waals surface area contributed by atoms with Crippen molar-refractivity contribution >= 4 is 21.7 Å². The predicted molar refractivity (Wildman–Crippen MR) is 68.0 cm³/mol. The average molecular weight is 288 g/mol. The first-order valence-electron chi connectivity index (χ1n) is 5.25. The Hall–Kier alpha value is -0.680. The van der Waals surface area contributed by atoms with Gasteiger partial charge in [-0.3, -0.25) is 0 Å². The lowest BCUT2D eigenvalue weighted by Crippen LogP contribution is -2.24. The minimum absolute atomic E-state index is 0.0592. The Bertz CT molecular complexity index is 363. The van der Waals surface area contributed by atoms with E-state index in [-0.39, 0.29) is 11.5 Å². The average Bonchev–Trinajstić information content (AvgIpc) is 2.17. The summed E-state index contributed by atoms with van der Waals surface area (Å²) >= 11 is 3.28. The summed E-state index contributed by atoms with van der Waals surface area (Å²) in [5, 5.41) is 0. The first-order valence-corrected chi connectivity index (χ1v) is 6.05. The van der Waals surface area contributed by atoms with Crippen LogP contribution in [-0.2, 0) is 4.74 Å². The molecule has 2 N–H and O–H groups in total. The van der Waals surface area contributed by atoms with E-state index in [9.17, 15) is 0 Å². The van der Waals surface area contributed by atoms with Crippen molar-refractivity contribution in [2.24, 2.45) is 5.41 Å². The van der Waals surface area contributed by atoms with Crippen molar-refractivity contribution in [2.45, 2.75) is 33.8 Å². The van der Waals surface area contributed by atoms with Gasteiger partial charge in [-0.15, -0.1) is 0 Å². The van der Waals surface area contributed by atoms with E-state index in [4.69, 9.17) is 10.5 Å². The summed E-state index contributed by atoms with van der Waals surface area (Å²) in [5.41, 5.74) is 5.69. The van der Waals surface area contributed by atoms with Gasteiger partial charge in [-0.1, -0.05) is 20.8 Å². The van der Waals surface area contributed by atoms with Crippen LogP contribution in [0.2, 0.25) is 0 Å². The van der Waals surface area contributed by atoms with Crippen LogP contribution in [0, 0.1) is 5.41 Å². The second-order valence-corrected chi connectivity index (χ2v) is 5.52. The second kappa shape index (κ2) is 5.10. The fraction of sp³-hybridized carbons (Fsp3) is 0.636. The SMILES string of the molecule is CCOC(c1ncc(Br)c(N)n1)C(C)(C)C. The number of nitrogen functional groups attached to an aromatic ring is 1. The molecule has 0 saturated carbocycles. The standard InChI is InChI=1S/C11H18BrN3O/c1-5-16-8(11(2,3)4)10-14-6-7(12)9(13)15-10/h6,8H,5H2,1-4H3,(H2,13,14,15).